The van der Waals surface area contributed by atoms with Gasteiger partial charge in [-0.2, -0.15) is 10.5 Å². The second kappa shape index (κ2) is 38.3. The van der Waals surface area contributed by atoms with Gasteiger partial charge in [0.25, 0.3) is 0 Å². The third kappa shape index (κ3) is 15.8. The van der Waals surface area contributed by atoms with Crippen LogP contribution in [0.3, 0.4) is 0 Å². The summed E-state index contributed by atoms with van der Waals surface area (Å²) in [6.07, 6.45) is 0.937. The van der Waals surface area contributed by atoms with E-state index in [0.29, 0.717) is 47.4 Å². The summed E-state index contributed by atoms with van der Waals surface area (Å²) in [5.41, 5.74) is 12.3. The van der Waals surface area contributed by atoms with Crippen molar-refractivity contribution in [1.82, 2.24) is 19.6 Å². The van der Waals surface area contributed by atoms with Crippen molar-refractivity contribution < 1.29 is 111 Å². The third-order valence-electron chi connectivity index (χ3n) is 26.2. The number of hydrogen-bond donors (Lipinski definition) is 4. The highest BCUT2D eigenvalue weighted by molar-refractivity contribution is 8.02. The van der Waals surface area contributed by atoms with Gasteiger partial charge in [-0.15, -0.1) is 23.5 Å². The molecule has 4 N–H and O–H groups in total. The van der Waals surface area contributed by atoms with E-state index in [1.807, 2.05) is 86.3 Å². The van der Waals surface area contributed by atoms with Gasteiger partial charge in [-0.05, 0) is 121 Å². The van der Waals surface area contributed by atoms with Crippen LogP contribution in [0.4, 0.5) is 0 Å². The van der Waals surface area contributed by atoms with Gasteiger partial charge in [0, 0.05) is 133 Å². The monoisotopic (exact) mass is 1780 g/mol. The topological polar surface area (TPSA) is 348 Å². The molecule has 0 aromatic heterocycles. The number of nitrogens with zero attached hydrogens (tertiary/aromatic N) is 6. The molecule has 0 radical (unpaired) electrons. The van der Waals surface area contributed by atoms with E-state index in [0.717, 1.165) is 39.1 Å². The number of aliphatic hydroxyl groups is 3. The van der Waals surface area contributed by atoms with Crippen molar-refractivity contribution in [3.8, 4) is 57.4 Å². The quantitative estimate of drug-likeness (QED) is 0.0179. The Kier molecular flexibility index (Phi) is 27.9. The van der Waals surface area contributed by atoms with Gasteiger partial charge in [0.15, 0.2) is 96.0 Å². The predicted octanol–water partition coefficient (Wildman–Crippen LogP) is 12.1. The first-order valence-electron chi connectivity index (χ1n) is 41.2. The van der Waals surface area contributed by atoms with Crippen molar-refractivity contribution in [3.05, 3.63) is 232 Å². The minimum Gasteiger partial charge on any atom is -0.493 e. The Labute approximate surface area is 747 Å². The lowest BCUT2D eigenvalue weighted by atomic mass is 9.65. The van der Waals surface area contributed by atoms with E-state index >= 15 is 0 Å². The number of thioether (sulfide) groups is 2. The highest BCUT2D eigenvalue weighted by Crippen LogP contribution is 2.61. The van der Waals surface area contributed by atoms with Gasteiger partial charge in [0.05, 0.1) is 57.1 Å². The van der Waals surface area contributed by atoms with E-state index in [1.54, 1.807) is 46.0 Å². The zero-order valence-electron chi connectivity index (χ0n) is 71.4. The van der Waals surface area contributed by atoms with Gasteiger partial charge in [-0.25, -0.2) is 9.59 Å². The van der Waals surface area contributed by atoms with E-state index in [4.69, 9.17) is 76.2 Å². The smallest absolute Gasteiger partial charge is 0.374 e. The normalized spacial score (nSPS) is 25.6. The fraction of sp³-hybridized carbons (Fsp3) is 0.438. The van der Waals surface area contributed by atoms with Gasteiger partial charge in [0.1, 0.15) is 18.7 Å². The number of methoxy groups -OCH3 is 6. The van der Waals surface area contributed by atoms with Crippen molar-refractivity contribution in [3.63, 3.8) is 0 Å². The number of carbonyl (C=O) groups is 4. The van der Waals surface area contributed by atoms with Gasteiger partial charge in [-0.3, -0.25) is 29.2 Å². The zero-order valence-corrected chi connectivity index (χ0v) is 73.1. The average molecular weight is 1780 g/mol. The number of rotatable bonds is 25. The molecule has 18 rings (SSSR count). The molecule has 31 heteroatoms. The first kappa shape index (κ1) is 92.5. The van der Waals surface area contributed by atoms with Crippen molar-refractivity contribution in [2.24, 2.45) is 0 Å². The minimum absolute atomic E-state index is 0. The molecule has 0 amide bonds. The number of aryl methyl sites for hydroxylation is 2. The highest BCUT2D eigenvalue weighted by Gasteiger charge is 2.67. The summed E-state index contributed by atoms with van der Waals surface area (Å²) in [5, 5.41) is 69.8. The number of carboxylic acids is 1. The number of carboxylic acid groups (broad SMARTS) is 1. The van der Waals surface area contributed by atoms with Crippen LogP contribution in [0.2, 0.25) is 0 Å². The molecular weight excluding hydrogens is 1670 g/mol. The van der Waals surface area contributed by atoms with Crippen LogP contribution in [0, 0.1) is 36.5 Å². The van der Waals surface area contributed by atoms with Crippen LogP contribution in [-0.4, -0.2) is 245 Å². The Balaban J connectivity index is 0.000000171. The van der Waals surface area contributed by atoms with Gasteiger partial charge < -0.3 is 91.5 Å². The van der Waals surface area contributed by atoms with E-state index in [2.05, 4.69) is 82.6 Å². The molecule has 0 saturated carbocycles. The number of ketones is 2. The van der Waals surface area contributed by atoms with E-state index in [-0.39, 0.29) is 156 Å². The van der Waals surface area contributed by atoms with Gasteiger partial charge in [0.2, 0.25) is 25.1 Å². The molecule has 4 bridgehead atoms. The van der Waals surface area contributed by atoms with Gasteiger partial charge in [-0.1, -0.05) is 124 Å². The van der Waals surface area contributed by atoms with Crippen molar-refractivity contribution in [2.45, 2.75) is 152 Å². The summed E-state index contributed by atoms with van der Waals surface area (Å²) in [6, 6.07) is 36.7. The minimum atomic E-state index is -2.10. The number of carbonyl (C=O) groups excluding carboxylic acids is 3. The Hall–Kier alpha value is -10.7. The number of esters is 1. The van der Waals surface area contributed by atoms with Gasteiger partial charge >= 0.3 is 11.9 Å². The van der Waals surface area contributed by atoms with E-state index in [9.17, 15) is 45.0 Å². The number of likely N-dealkylation sites (N-methyl/N-ethyl adjacent to an activating group) is 2. The molecule has 127 heavy (non-hydrogen) atoms. The number of nitriles is 2. The zero-order chi connectivity index (χ0) is 88.2. The van der Waals surface area contributed by atoms with Crippen LogP contribution in [0.1, 0.15) is 121 Å². The maximum absolute atomic E-state index is 14.5. The SMILES string of the molecule is C.C.COCO/C(=C\SCC1c2ccccc2-c2ccccc21)C(=O)O.COCO/C(=C\SCC1c2ccccc2-c2ccccc21)C(=O)OC[C@H]1C2=C3OCOC3=C(C)C(=O)[C@@]2(O)CC2[C@H]3c4c(cc(C)c(OC)c4OCOC)C[C@@H]([C@H](C#N)N21)N3C.COCOc1c(OC)c(C)cc2c1[C@@H]1C3C[C@]4(O)C(=O)C(C)=C5OCOC5=C4[C@H](CO)N3[C@@H](C#N)[C@H](C2)N1C. The average Bonchev–Trinajstić information content (AvgIpc) is 1.23. The van der Waals surface area contributed by atoms with Crippen LogP contribution in [0.5, 0.6) is 23.0 Å². The molecule has 6 aromatic carbocycles. The number of piperidine rings is 2. The predicted molar refractivity (Wildman–Crippen MR) is 470 cm³/mol. The van der Waals surface area contributed by atoms with Crippen molar-refractivity contribution >= 4 is 47.0 Å². The number of hydrogen-bond acceptors (Lipinski definition) is 30. The molecule has 672 valence electrons. The fourth-order valence-electron chi connectivity index (χ4n) is 21.2. The van der Waals surface area contributed by atoms with E-state index in [1.165, 1.54) is 89.4 Å². The molecule has 8 heterocycles. The fourth-order valence-corrected chi connectivity index (χ4v) is 23.1. The first-order chi connectivity index (χ1) is 60.5. The second-order valence-electron chi connectivity index (χ2n) is 32.6. The molecule has 6 aromatic rings. The van der Waals surface area contributed by atoms with Crippen LogP contribution < -0.4 is 18.9 Å². The first-order valence-corrected chi connectivity index (χ1v) is 43.3. The van der Waals surface area contributed by atoms with Crippen LogP contribution >= 0.6 is 23.5 Å². The number of benzene rings is 6. The Morgan fingerprint density at radius 3 is 1.27 bits per heavy atom. The molecule has 2 unspecified atom stereocenters. The maximum atomic E-state index is 14.5. The van der Waals surface area contributed by atoms with Crippen LogP contribution in [-0.2, 0) is 84.1 Å². The number of aliphatic hydroxyl groups excluding tert-OH is 1. The third-order valence-corrected chi connectivity index (χ3v) is 28.0. The number of ether oxygens (including phenoxy) is 15. The number of aliphatic carboxylic acids is 1. The van der Waals surface area contributed by atoms with Crippen LogP contribution in [0.25, 0.3) is 22.3 Å². The molecule has 4 aliphatic carbocycles. The summed E-state index contributed by atoms with van der Waals surface area (Å²) in [7, 11) is 13.1. The number of fused-ring (bicyclic) bond motifs is 22. The lowest BCUT2D eigenvalue weighted by Crippen LogP contribution is -2.74. The summed E-state index contributed by atoms with van der Waals surface area (Å²) in [5.74, 6) is 1.81. The maximum Gasteiger partial charge on any atom is 0.374 e. The van der Waals surface area contributed by atoms with Crippen molar-refractivity contribution in [1.29, 1.82) is 10.5 Å². The summed E-state index contributed by atoms with van der Waals surface area (Å²) in [4.78, 5) is 61.9. The standard InChI is InChI=1S/C47H49N3O11S.C28H33N3O8.C19H18O4S.2CH4/c1-25-15-27-16-33-35(18-48)50-34(40(49(33)3)38(27)43(41(25)56-6)59-23-55-5)17-47(53)39(44-42(60-24-61-44)26(2)45(47)51)36(50)19-57-46(52)37(58-22-54-4)21-62-20-32-30-13-9-7-11-28(30)29-12-8-10-14-31(29)32;1-13-6-15-7-16-18(9-29)31-17(22(30(16)3)20(15)25(23(13)36-5)37-11-35-4)8-28(34)21(19(31)10-32)26-24(38-12-39-26)14(2)27(28)33;1-22-12-23-18(19(20)21)11-24-10-17-15-8-4-2-6-13(15)14-7-3-5-9-16(14)17;;/h7-15,21,32-36,40,53H,16-17,19-20,22-24H2,1-6H3;6,16-19,22,32,34H,7-8,10-12H2,1-5H3;2-9,11,17H,10,12H2,1H3,(H,20,21);2*1H4/b37-21-;;18-11-;;/t33-,34?,35-,36-,40-,47+;16-,17?,18-,19-,22-,28+;;;/m00.../s1. The molecular formula is C96H108N6O23S2. The summed E-state index contributed by atoms with van der Waals surface area (Å²) < 4.78 is 84.9. The number of Topliss-reactive ketones (excluding diaryl/α,β-unsaturated/α-hetero) is 2. The molecule has 29 nitrogen and oxygen atoms in total. The molecule has 6 saturated heterocycles. The molecule has 8 aliphatic heterocycles. The largest absolute Gasteiger partial charge is 0.493 e. The Bertz CT molecular complexity index is 5490. The van der Waals surface area contributed by atoms with Crippen LogP contribution in [0.15, 0.2) is 177 Å². The molecule has 0 spiro atoms. The van der Waals surface area contributed by atoms with E-state index < -0.39 is 83.6 Å². The second-order valence-corrected chi connectivity index (χ2v) is 34.4. The number of piperazine rings is 2. The molecule has 6 fully saturated rings. The molecule has 12 aliphatic rings. The lowest BCUT2D eigenvalue weighted by molar-refractivity contribution is -0.159. The Morgan fingerprint density at radius 2 is 0.890 bits per heavy atom. The lowest BCUT2D eigenvalue weighted by Gasteiger charge is -2.62. The Morgan fingerprint density at radius 1 is 0.520 bits per heavy atom. The molecule has 12 atom stereocenters. The highest BCUT2D eigenvalue weighted by atomic mass is 32.2. The van der Waals surface area contributed by atoms with Crippen molar-refractivity contribution in [2.75, 3.05) is 122 Å². The summed E-state index contributed by atoms with van der Waals surface area (Å²) >= 11 is 2.87. The summed E-state index contributed by atoms with van der Waals surface area (Å²) in [6.45, 7) is 5.74.